The predicted molar refractivity (Wildman–Crippen MR) is 98.6 cm³/mol. The monoisotopic (exact) mass is 353 g/mol. The largest absolute Gasteiger partial charge is 0.352 e. The highest BCUT2D eigenvalue weighted by atomic mass is 35.5. The lowest BCUT2D eigenvalue weighted by Gasteiger charge is -2.38. The standard InChI is InChI=1S/C18H27N3O2.ClH/c1-3-8-20-17(22)14-5-4-6-15(11-14)18(23)21-9-7-13(2)10-16(21)12-19;/h4-6,11,13,16H,3,7-10,12,19H2,1-2H3,(H,20,22);1H. The Morgan fingerprint density at radius 3 is 2.71 bits per heavy atom. The minimum atomic E-state index is -0.135. The zero-order valence-electron chi connectivity index (χ0n) is 14.5. The van der Waals surface area contributed by atoms with Crippen molar-refractivity contribution >= 4 is 24.2 Å². The Morgan fingerprint density at radius 1 is 1.33 bits per heavy atom. The van der Waals surface area contributed by atoms with Crippen LogP contribution in [0.3, 0.4) is 0 Å². The van der Waals surface area contributed by atoms with E-state index in [-0.39, 0.29) is 30.3 Å². The minimum Gasteiger partial charge on any atom is -0.352 e. The first-order valence-corrected chi connectivity index (χ1v) is 8.46. The summed E-state index contributed by atoms with van der Waals surface area (Å²) in [4.78, 5) is 26.7. The van der Waals surface area contributed by atoms with Crippen molar-refractivity contribution in [1.29, 1.82) is 0 Å². The number of nitrogens with two attached hydrogens (primary N) is 1. The van der Waals surface area contributed by atoms with Crippen molar-refractivity contribution in [3.05, 3.63) is 35.4 Å². The van der Waals surface area contributed by atoms with Crippen LogP contribution in [0.15, 0.2) is 24.3 Å². The molecule has 1 aliphatic rings. The average Bonchev–Trinajstić information content (AvgIpc) is 2.59. The number of carbonyl (C=O) groups excluding carboxylic acids is 2. The summed E-state index contributed by atoms with van der Waals surface area (Å²) < 4.78 is 0. The lowest BCUT2D eigenvalue weighted by molar-refractivity contribution is 0.0573. The number of nitrogens with one attached hydrogen (secondary N) is 1. The molecule has 1 heterocycles. The normalized spacial score (nSPS) is 20.2. The van der Waals surface area contributed by atoms with Crippen LogP contribution >= 0.6 is 12.4 Å². The van der Waals surface area contributed by atoms with Gasteiger partial charge in [-0.25, -0.2) is 0 Å². The smallest absolute Gasteiger partial charge is 0.254 e. The summed E-state index contributed by atoms with van der Waals surface area (Å²) >= 11 is 0. The van der Waals surface area contributed by atoms with Gasteiger partial charge in [-0.15, -0.1) is 12.4 Å². The van der Waals surface area contributed by atoms with Crippen LogP contribution in [0.4, 0.5) is 0 Å². The highest BCUT2D eigenvalue weighted by Crippen LogP contribution is 2.23. The van der Waals surface area contributed by atoms with Gasteiger partial charge in [0.1, 0.15) is 0 Å². The van der Waals surface area contributed by atoms with Gasteiger partial charge in [0, 0.05) is 36.8 Å². The van der Waals surface area contributed by atoms with Gasteiger partial charge in [-0.05, 0) is 43.4 Å². The first-order valence-electron chi connectivity index (χ1n) is 8.46. The lowest BCUT2D eigenvalue weighted by atomic mass is 9.91. The molecule has 1 aromatic rings. The van der Waals surface area contributed by atoms with Gasteiger partial charge in [0.25, 0.3) is 11.8 Å². The molecule has 2 atom stereocenters. The summed E-state index contributed by atoms with van der Waals surface area (Å²) in [7, 11) is 0. The molecule has 1 saturated heterocycles. The number of rotatable bonds is 5. The molecule has 2 unspecified atom stereocenters. The highest BCUT2D eigenvalue weighted by molar-refractivity contribution is 5.99. The van der Waals surface area contributed by atoms with E-state index in [0.717, 1.165) is 25.8 Å². The molecule has 3 N–H and O–H groups in total. The minimum absolute atomic E-state index is 0. The van der Waals surface area contributed by atoms with E-state index < -0.39 is 0 Å². The van der Waals surface area contributed by atoms with Crippen LogP contribution in [0.5, 0.6) is 0 Å². The maximum atomic E-state index is 12.8. The summed E-state index contributed by atoms with van der Waals surface area (Å²) in [5.41, 5.74) is 6.93. The zero-order valence-corrected chi connectivity index (χ0v) is 15.3. The number of benzene rings is 1. The Hall–Kier alpha value is -1.59. The van der Waals surface area contributed by atoms with Gasteiger partial charge >= 0.3 is 0 Å². The molecule has 6 heteroatoms. The first kappa shape index (κ1) is 20.5. The maximum Gasteiger partial charge on any atom is 0.254 e. The fraction of sp³-hybridized carbons (Fsp3) is 0.556. The summed E-state index contributed by atoms with van der Waals surface area (Å²) in [5.74, 6) is 0.431. The molecular formula is C18H28ClN3O2. The van der Waals surface area contributed by atoms with Gasteiger partial charge in [-0.3, -0.25) is 9.59 Å². The third kappa shape index (κ3) is 4.95. The molecule has 0 aliphatic carbocycles. The van der Waals surface area contributed by atoms with E-state index in [1.807, 2.05) is 11.8 Å². The fourth-order valence-electron chi connectivity index (χ4n) is 3.04. The van der Waals surface area contributed by atoms with E-state index in [2.05, 4.69) is 12.2 Å². The van der Waals surface area contributed by atoms with Crippen molar-refractivity contribution < 1.29 is 9.59 Å². The van der Waals surface area contributed by atoms with Crippen molar-refractivity contribution in [2.24, 2.45) is 11.7 Å². The maximum absolute atomic E-state index is 12.8. The van der Waals surface area contributed by atoms with Crippen LogP contribution in [0, 0.1) is 5.92 Å². The van der Waals surface area contributed by atoms with Gasteiger partial charge in [0.2, 0.25) is 0 Å². The van der Waals surface area contributed by atoms with Gasteiger partial charge < -0.3 is 16.0 Å². The number of amides is 2. The van der Waals surface area contributed by atoms with Crippen molar-refractivity contribution in [2.45, 2.75) is 39.2 Å². The van der Waals surface area contributed by atoms with Crippen LogP contribution in [0.2, 0.25) is 0 Å². The molecule has 1 aromatic carbocycles. The van der Waals surface area contributed by atoms with Crippen molar-refractivity contribution in [1.82, 2.24) is 10.2 Å². The third-order valence-electron chi connectivity index (χ3n) is 4.42. The molecule has 2 rings (SSSR count). The van der Waals surface area contributed by atoms with E-state index in [0.29, 0.717) is 30.1 Å². The quantitative estimate of drug-likeness (QED) is 0.853. The predicted octanol–water partition coefficient (Wildman–Crippen LogP) is 2.45. The number of nitrogens with zero attached hydrogens (tertiary/aromatic N) is 1. The number of piperidine rings is 1. The molecule has 24 heavy (non-hydrogen) atoms. The van der Waals surface area contributed by atoms with Gasteiger partial charge in [0.15, 0.2) is 0 Å². The topological polar surface area (TPSA) is 75.4 Å². The summed E-state index contributed by atoms with van der Waals surface area (Å²) in [6, 6.07) is 7.03. The first-order chi connectivity index (χ1) is 11.1. The Balaban J connectivity index is 0.00000288. The molecule has 2 amide bonds. The Labute approximate surface area is 150 Å². The summed E-state index contributed by atoms with van der Waals surface area (Å²) in [6.45, 7) is 6.05. The molecule has 134 valence electrons. The fourth-order valence-corrected chi connectivity index (χ4v) is 3.04. The van der Waals surface area contributed by atoms with Crippen molar-refractivity contribution in [3.8, 4) is 0 Å². The molecule has 0 saturated carbocycles. The molecule has 0 aromatic heterocycles. The van der Waals surface area contributed by atoms with Crippen LogP contribution < -0.4 is 11.1 Å². The van der Waals surface area contributed by atoms with E-state index in [1.54, 1.807) is 24.3 Å². The average molecular weight is 354 g/mol. The Bertz CT molecular complexity index is 565. The van der Waals surface area contributed by atoms with Crippen molar-refractivity contribution in [2.75, 3.05) is 19.6 Å². The highest BCUT2D eigenvalue weighted by Gasteiger charge is 2.29. The number of likely N-dealkylation sites (tertiary alicyclic amines) is 1. The van der Waals surface area contributed by atoms with E-state index in [9.17, 15) is 9.59 Å². The lowest BCUT2D eigenvalue weighted by Crippen LogP contribution is -2.49. The van der Waals surface area contributed by atoms with E-state index in [1.165, 1.54) is 0 Å². The number of hydrogen-bond donors (Lipinski definition) is 2. The molecule has 5 nitrogen and oxygen atoms in total. The zero-order chi connectivity index (χ0) is 16.8. The molecule has 0 bridgehead atoms. The van der Waals surface area contributed by atoms with E-state index in [4.69, 9.17) is 5.73 Å². The molecule has 0 radical (unpaired) electrons. The summed E-state index contributed by atoms with van der Waals surface area (Å²) in [6.07, 6.45) is 2.83. The van der Waals surface area contributed by atoms with Crippen molar-refractivity contribution in [3.63, 3.8) is 0 Å². The number of carbonyl (C=O) groups is 2. The SMILES string of the molecule is CCCNC(=O)c1cccc(C(=O)N2CCC(C)CC2CN)c1.Cl. The van der Waals surface area contributed by atoms with Gasteiger partial charge in [-0.2, -0.15) is 0 Å². The Morgan fingerprint density at radius 2 is 2.04 bits per heavy atom. The van der Waals surface area contributed by atoms with Gasteiger partial charge in [0.05, 0.1) is 0 Å². The van der Waals surface area contributed by atoms with Gasteiger partial charge in [-0.1, -0.05) is 19.9 Å². The van der Waals surface area contributed by atoms with E-state index >= 15 is 0 Å². The molecule has 0 spiro atoms. The number of halogens is 1. The van der Waals surface area contributed by atoms with Crippen LogP contribution in [0.25, 0.3) is 0 Å². The second-order valence-corrected chi connectivity index (χ2v) is 6.35. The van der Waals surface area contributed by atoms with Crippen LogP contribution in [-0.4, -0.2) is 42.4 Å². The molecule has 1 aliphatic heterocycles. The third-order valence-corrected chi connectivity index (χ3v) is 4.42. The molecular weight excluding hydrogens is 326 g/mol. The molecule has 1 fully saturated rings. The van der Waals surface area contributed by atoms with Crippen LogP contribution in [-0.2, 0) is 0 Å². The number of hydrogen-bond acceptors (Lipinski definition) is 3. The second-order valence-electron chi connectivity index (χ2n) is 6.35. The summed E-state index contributed by atoms with van der Waals surface area (Å²) in [5, 5.41) is 2.84. The van der Waals surface area contributed by atoms with Crippen LogP contribution in [0.1, 0.15) is 53.8 Å². The second kappa shape index (κ2) is 9.64. The Kier molecular flexibility index (Phi) is 8.22.